The number of amides is 1. The summed E-state index contributed by atoms with van der Waals surface area (Å²) in [6, 6.07) is 5.62. The maximum absolute atomic E-state index is 12.4. The summed E-state index contributed by atoms with van der Waals surface area (Å²) in [4.78, 5) is 23.7. The van der Waals surface area contributed by atoms with Gasteiger partial charge in [-0.05, 0) is 56.4 Å². The average Bonchev–Trinajstić information content (AvgIpc) is 2.67. The summed E-state index contributed by atoms with van der Waals surface area (Å²) in [6.07, 6.45) is 7.57. The van der Waals surface area contributed by atoms with Gasteiger partial charge in [0.15, 0.2) is 6.61 Å². The van der Waals surface area contributed by atoms with Gasteiger partial charge in [0.05, 0.1) is 4.90 Å². The van der Waals surface area contributed by atoms with Crippen molar-refractivity contribution in [3.05, 3.63) is 40.9 Å². The molecule has 0 spiro atoms. The fourth-order valence-corrected chi connectivity index (χ4v) is 4.03. The SMILES string of the molecule is CN(CC(=O)OCC(=O)NCCC1=CCCCC1)S(=O)(=O)c1ccc(Cl)cc1. The smallest absolute Gasteiger partial charge is 0.321 e. The molecule has 7 nitrogen and oxygen atoms in total. The summed E-state index contributed by atoms with van der Waals surface area (Å²) in [6.45, 7) is -0.440. The fourth-order valence-electron chi connectivity index (χ4n) is 2.79. The van der Waals surface area contributed by atoms with Crippen LogP contribution in [0.25, 0.3) is 0 Å². The van der Waals surface area contributed by atoms with Crippen LogP contribution in [0.1, 0.15) is 32.1 Å². The molecule has 0 atom stereocenters. The molecular formula is C19H25ClN2O5S. The molecule has 0 aliphatic heterocycles. The van der Waals surface area contributed by atoms with E-state index < -0.39 is 35.1 Å². The molecule has 1 N–H and O–H groups in total. The van der Waals surface area contributed by atoms with Crippen LogP contribution in [-0.2, 0) is 24.3 Å². The lowest BCUT2D eigenvalue weighted by molar-refractivity contribution is -0.148. The molecule has 0 saturated heterocycles. The number of hydrogen-bond acceptors (Lipinski definition) is 5. The zero-order valence-electron chi connectivity index (χ0n) is 15.8. The second kappa shape index (κ2) is 10.6. The zero-order chi connectivity index (χ0) is 20.6. The van der Waals surface area contributed by atoms with Crippen LogP contribution in [0.2, 0.25) is 5.02 Å². The van der Waals surface area contributed by atoms with E-state index in [0.29, 0.717) is 11.6 Å². The summed E-state index contributed by atoms with van der Waals surface area (Å²) < 4.78 is 30.5. The van der Waals surface area contributed by atoms with Gasteiger partial charge in [-0.2, -0.15) is 4.31 Å². The van der Waals surface area contributed by atoms with Gasteiger partial charge >= 0.3 is 5.97 Å². The number of ether oxygens (including phenoxy) is 1. The van der Waals surface area contributed by atoms with Crippen LogP contribution in [0.4, 0.5) is 0 Å². The molecule has 0 bridgehead atoms. The Kier molecular flexibility index (Phi) is 8.47. The molecule has 28 heavy (non-hydrogen) atoms. The third-order valence-electron chi connectivity index (χ3n) is 4.39. The normalized spacial score (nSPS) is 14.5. The third-order valence-corrected chi connectivity index (χ3v) is 6.46. The van der Waals surface area contributed by atoms with Crippen LogP contribution >= 0.6 is 11.6 Å². The Morgan fingerprint density at radius 2 is 1.93 bits per heavy atom. The van der Waals surface area contributed by atoms with Crippen molar-refractivity contribution in [2.24, 2.45) is 0 Å². The topological polar surface area (TPSA) is 92.8 Å². The van der Waals surface area contributed by atoms with Gasteiger partial charge in [-0.25, -0.2) is 8.42 Å². The lowest BCUT2D eigenvalue weighted by atomic mass is 9.97. The molecule has 2 rings (SSSR count). The van der Waals surface area contributed by atoms with E-state index in [2.05, 4.69) is 11.4 Å². The summed E-state index contributed by atoms with van der Waals surface area (Å²) in [5, 5.41) is 3.11. The number of carbonyl (C=O) groups is 2. The molecule has 1 aromatic carbocycles. The van der Waals surface area contributed by atoms with Crippen molar-refractivity contribution >= 4 is 33.5 Å². The number of carbonyl (C=O) groups excluding carboxylic acids is 2. The van der Waals surface area contributed by atoms with Crippen molar-refractivity contribution in [1.82, 2.24) is 9.62 Å². The Balaban J connectivity index is 1.72. The number of halogens is 1. The van der Waals surface area contributed by atoms with Gasteiger partial charge in [0.1, 0.15) is 6.54 Å². The van der Waals surface area contributed by atoms with Crippen LogP contribution in [0, 0.1) is 0 Å². The highest BCUT2D eigenvalue weighted by Crippen LogP contribution is 2.19. The largest absolute Gasteiger partial charge is 0.455 e. The first kappa shape index (κ1) is 22.4. The lowest BCUT2D eigenvalue weighted by Gasteiger charge is -2.16. The highest BCUT2D eigenvalue weighted by molar-refractivity contribution is 7.89. The maximum Gasteiger partial charge on any atom is 0.321 e. The number of nitrogens with zero attached hydrogens (tertiary/aromatic N) is 1. The summed E-state index contributed by atoms with van der Waals surface area (Å²) in [5.74, 6) is -1.21. The van der Waals surface area contributed by atoms with Gasteiger partial charge in [0.25, 0.3) is 5.91 Å². The molecule has 0 aromatic heterocycles. The number of likely N-dealkylation sites (N-methyl/N-ethyl adjacent to an activating group) is 1. The Morgan fingerprint density at radius 1 is 1.21 bits per heavy atom. The Morgan fingerprint density at radius 3 is 2.57 bits per heavy atom. The number of benzene rings is 1. The molecule has 9 heteroatoms. The Labute approximate surface area is 170 Å². The first-order valence-electron chi connectivity index (χ1n) is 9.11. The molecule has 1 aromatic rings. The quantitative estimate of drug-likeness (QED) is 0.482. The standard InChI is InChI=1S/C19H25ClN2O5S/c1-22(28(25,26)17-9-7-16(20)8-10-17)13-19(24)27-14-18(23)21-12-11-15-5-3-2-4-6-15/h5,7-10H,2-4,6,11-14H2,1H3,(H,21,23). The molecule has 0 heterocycles. The van der Waals surface area contributed by atoms with Crippen molar-refractivity contribution < 1.29 is 22.7 Å². The minimum atomic E-state index is -3.85. The van der Waals surface area contributed by atoms with E-state index in [-0.39, 0.29) is 4.90 Å². The Bertz CT molecular complexity index is 821. The van der Waals surface area contributed by atoms with Gasteiger partial charge in [-0.1, -0.05) is 23.3 Å². The van der Waals surface area contributed by atoms with Crippen LogP contribution in [0.5, 0.6) is 0 Å². The number of hydrogen-bond donors (Lipinski definition) is 1. The van der Waals surface area contributed by atoms with Crippen molar-refractivity contribution in [3.8, 4) is 0 Å². The van der Waals surface area contributed by atoms with E-state index in [0.717, 1.165) is 23.6 Å². The highest BCUT2D eigenvalue weighted by atomic mass is 35.5. The van der Waals surface area contributed by atoms with Gasteiger partial charge in [0.2, 0.25) is 10.0 Å². The van der Waals surface area contributed by atoms with Crippen molar-refractivity contribution in [1.29, 1.82) is 0 Å². The minimum Gasteiger partial charge on any atom is -0.455 e. The first-order valence-corrected chi connectivity index (χ1v) is 10.9. The number of rotatable bonds is 9. The van der Waals surface area contributed by atoms with Gasteiger partial charge < -0.3 is 10.1 Å². The molecule has 0 saturated carbocycles. The Hall–Kier alpha value is -1.90. The second-order valence-electron chi connectivity index (χ2n) is 6.58. The molecule has 0 unspecified atom stereocenters. The van der Waals surface area contributed by atoms with E-state index in [4.69, 9.17) is 16.3 Å². The summed E-state index contributed by atoms with van der Waals surface area (Å²) in [7, 11) is -2.58. The van der Waals surface area contributed by atoms with E-state index in [1.165, 1.54) is 49.7 Å². The maximum atomic E-state index is 12.4. The molecular weight excluding hydrogens is 404 g/mol. The average molecular weight is 429 g/mol. The highest BCUT2D eigenvalue weighted by Gasteiger charge is 2.23. The predicted octanol–water partition coefficient (Wildman–Crippen LogP) is 2.51. The van der Waals surface area contributed by atoms with Crippen LogP contribution in [0.3, 0.4) is 0 Å². The van der Waals surface area contributed by atoms with E-state index in [1.807, 2.05) is 0 Å². The monoisotopic (exact) mass is 428 g/mol. The van der Waals surface area contributed by atoms with Gasteiger partial charge in [-0.3, -0.25) is 9.59 Å². The number of allylic oxidation sites excluding steroid dienone is 1. The molecule has 1 amide bonds. The minimum absolute atomic E-state index is 0.0157. The molecule has 0 fully saturated rings. The first-order chi connectivity index (χ1) is 13.3. The van der Waals surface area contributed by atoms with Crippen LogP contribution < -0.4 is 5.32 Å². The summed E-state index contributed by atoms with van der Waals surface area (Å²) in [5.41, 5.74) is 1.34. The second-order valence-corrected chi connectivity index (χ2v) is 9.07. The van der Waals surface area contributed by atoms with Gasteiger partial charge in [0, 0.05) is 18.6 Å². The molecule has 0 radical (unpaired) electrons. The summed E-state index contributed by atoms with van der Waals surface area (Å²) >= 11 is 5.75. The van der Waals surface area contributed by atoms with Crippen molar-refractivity contribution in [3.63, 3.8) is 0 Å². The predicted molar refractivity (Wildman–Crippen MR) is 106 cm³/mol. The molecule has 1 aliphatic rings. The molecule has 154 valence electrons. The van der Waals surface area contributed by atoms with Crippen molar-refractivity contribution in [2.75, 3.05) is 26.7 Å². The lowest BCUT2D eigenvalue weighted by Crippen LogP contribution is -2.35. The van der Waals surface area contributed by atoms with Crippen molar-refractivity contribution in [2.45, 2.75) is 37.0 Å². The number of esters is 1. The van der Waals surface area contributed by atoms with E-state index in [9.17, 15) is 18.0 Å². The molecule has 1 aliphatic carbocycles. The zero-order valence-corrected chi connectivity index (χ0v) is 17.4. The third kappa shape index (κ3) is 6.92. The van der Waals surface area contributed by atoms with Crippen LogP contribution in [-0.4, -0.2) is 51.3 Å². The number of sulfonamides is 1. The van der Waals surface area contributed by atoms with Gasteiger partial charge in [-0.15, -0.1) is 0 Å². The van der Waals surface area contributed by atoms with E-state index in [1.54, 1.807) is 0 Å². The van der Waals surface area contributed by atoms with E-state index >= 15 is 0 Å². The fraction of sp³-hybridized carbons (Fsp3) is 0.474. The number of nitrogens with one attached hydrogen (secondary N) is 1. The van der Waals surface area contributed by atoms with Crippen LogP contribution in [0.15, 0.2) is 40.8 Å².